The number of methoxy groups -OCH3 is 2. The number of ether oxygens (including phenoxy) is 2. The van der Waals surface area contributed by atoms with Gasteiger partial charge in [-0.3, -0.25) is 9.89 Å². The Morgan fingerprint density at radius 2 is 1.74 bits per heavy atom. The summed E-state index contributed by atoms with van der Waals surface area (Å²) in [6.07, 6.45) is 0. The molecule has 27 heavy (non-hydrogen) atoms. The Morgan fingerprint density at radius 3 is 2.30 bits per heavy atom. The molecule has 1 saturated heterocycles. The van der Waals surface area contributed by atoms with E-state index < -0.39 is 10.0 Å². The molecule has 0 unspecified atom stereocenters. The molecule has 1 amide bonds. The molecule has 0 spiro atoms. The standard InChI is InChI=1S/C17H22N4O5S/c1-12-10-14(19-18-12)17(22)20-6-8-21(9-7-20)27(23,24)13-4-5-15(25-2)16(11-13)26-3/h4-5,10-11H,6-9H2,1-3H3,(H,18,19). The molecule has 2 heterocycles. The molecule has 1 aliphatic rings. The van der Waals surface area contributed by atoms with Crippen molar-refractivity contribution in [2.75, 3.05) is 40.4 Å². The number of nitrogens with zero attached hydrogens (tertiary/aromatic N) is 3. The number of piperazine rings is 1. The summed E-state index contributed by atoms with van der Waals surface area (Å²) < 4.78 is 37.5. The molecule has 10 heteroatoms. The highest BCUT2D eigenvalue weighted by Gasteiger charge is 2.31. The van der Waals surface area contributed by atoms with Crippen molar-refractivity contribution in [3.63, 3.8) is 0 Å². The monoisotopic (exact) mass is 394 g/mol. The average molecular weight is 394 g/mol. The number of benzene rings is 1. The highest BCUT2D eigenvalue weighted by Crippen LogP contribution is 2.30. The van der Waals surface area contributed by atoms with E-state index in [1.165, 1.54) is 30.7 Å². The topological polar surface area (TPSA) is 105 Å². The Bertz CT molecular complexity index is 933. The molecule has 1 N–H and O–H groups in total. The zero-order chi connectivity index (χ0) is 19.6. The molecule has 1 aromatic carbocycles. The predicted octanol–water partition coefficient (Wildman–Crippen LogP) is 0.882. The zero-order valence-electron chi connectivity index (χ0n) is 15.4. The van der Waals surface area contributed by atoms with Crippen LogP contribution in [0, 0.1) is 6.92 Å². The molecule has 0 atom stereocenters. The van der Waals surface area contributed by atoms with Crippen LogP contribution < -0.4 is 9.47 Å². The van der Waals surface area contributed by atoms with Crippen molar-refractivity contribution in [3.8, 4) is 11.5 Å². The molecule has 2 aromatic rings. The first kappa shape index (κ1) is 19.2. The SMILES string of the molecule is COc1ccc(S(=O)(=O)N2CCN(C(=O)c3cc(C)[nH]n3)CC2)cc1OC. The Morgan fingerprint density at radius 1 is 1.07 bits per heavy atom. The number of nitrogens with one attached hydrogen (secondary N) is 1. The highest BCUT2D eigenvalue weighted by atomic mass is 32.2. The maximum absolute atomic E-state index is 12.9. The summed E-state index contributed by atoms with van der Waals surface area (Å²) >= 11 is 0. The number of H-pyrrole nitrogens is 1. The third kappa shape index (κ3) is 3.76. The quantitative estimate of drug-likeness (QED) is 0.807. The van der Waals surface area contributed by atoms with Gasteiger partial charge in [-0.1, -0.05) is 0 Å². The van der Waals surface area contributed by atoms with Crippen molar-refractivity contribution in [1.29, 1.82) is 0 Å². The van der Waals surface area contributed by atoms with Crippen LogP contribution in [0.2, 0.25) is 0 Å². The maximum Gasteiger partial charge on any atom is 0.274 e. The van der Waals surface area contributed by atoms with Crippen molar-refractivity contribution >= 4 is 15.9 Å². The lowest BCUT2D eigenvalue weighted by Gasteiger charge is -2.33. The van der Waals surface area contributed by atoms with Gasteiger partial charge in [0.05, 0.1) is 19.1 Å². The smallest absolute Gasteiger partial charge is 0.274 e. The molecule has 0 radical (unpaired) electrons. The fraction of sp³-hybridized carbons (Fsp3) is 0.412. The van der Waals surface area contributed by atoms with Crippen LogP contribution in [0.1, 0.15) is 16.2 Å². The van der Waals surface area contributed by atoms with E-state index in [0.29, 0.717) is 30.3 Å². The summed E-state index contributed by atoms with van der Waals surface area (Å²) in [5, 5.41) is 6.71. The van der Waals surface area contributed by atoms with Gasteiger partial charge in [0.25, 0.3) is 5.91 Å². The van der Waals surface area contributed by atoms with Crippen molar-refractivity contribution in [2.24, 2.45) is 0 Å². The van der Waals surface area contributed by atoms with Crippen LogP contribution in [-0.4, -0.2) is 74.1 Å². The predicted molar refractivity (Wildman–Crippen MR) is 97.5 cm³/mol. The average Bonchev–Trinajstić information content (AvgIpc) is 3.13. The number of carbonyl (C=O) groups excluding carboxylic acids is 1. The maximum atomic E-state index is 12.9. The second-order valence-corrected chi connectivity index (χ2v) is 8.09. The summed E-state index contributed by atoms with van der Waals surface area (Å²) in [5.41, 5.74) is 1.14. The molecule has 3 rings (SSSR count). The number of amides is 1. The summed E-state index contributed by atoms with van der Waals surface area (Å²) in [7, 11) is -0.748. The van der Waals surface area contributed by atoms with E-state index in [9.17, 15) is 13.2 Å². The van der Waals surface area contributed by atoms with Crippen LogP contribution in [0.3, 0.4) is 0 Å². The van der Waals surface area contributed by atoms with Crippen LogP contribution in [-0.2, 0) is 10.0 Å². The minimum Gasteiger partial charge on any atom is -0.493 e. The van der Waals surface area contributed by atoms with Crippen LogP contribution in [0.15, 0.2) is 29.2 Å². The van der Waals surface area contributed by atoms with E-state index in [1.807, 2.05) is 6.92 Å². The molecule has 0 saturated carbocycles. The van der Waals surface area contributed by atoms with Gasteiger partial charge in [0.2, 0.25) is 10.0 Å². The number of aromatic nitrogens is 2. The lowest BCUT2D eigenvalue weighted by Crippen LogP contribution is -2.50. The number of rotatable bonds is 5. The third-order valence-electron chi connectivity index (χ3n) is 4.44. The first-order valence-corrected chi connectivity index (χ1v) is 9.84. The van der Waals surface area contributed by atoms with Crippen LogP contribution in [0.25, 0.3) is 0 Å². The Balaban J connectivity index is 1.72. The molecule has 1 aromatic heterocycles. The summed E-state index contributed by atoms with van der Waals surface area (Å²) in [4.78, 5) is 14.2. The molecule has 146 valence electrons. The second-order valence-electron chi connectivity index (χ2n) is 6.15. The number of sulfonamides is 1. The normalized spacial score (nSPS) is 15.6. The number of hydrogen-bond acceptors (Lipinski definition) is 6. The zero-order valence-corrected chi connectivity index (χ0v) is 16.2. The van der Waals surface area contributed by atoms with Gasteiger partial charge in [-0.25, -0.2) is 8.42 Å². The van der Waals surface area contributed by atoms with E-state index in [-0.39, 0.29) is 23.9 Å². The van der Waals surface area contributed by atoms with Crippen molar-refractivity contribution < 1.29 is 22.7 Å². The molecular weight excluding hydrogens is 372 g/mol. The molecule has 0 aliphatic carbocycles. The van der Waals surface area contributed by atoms with Gasteiger partial charge < -0.3 is 14.4 Å². The number of carbonyl (C=O) groups is 1. The summed E-state index contributed by atoms with van der Waals surface area (Å²) in [6, 6.07) is 6.17. The number of aryl methyl sites for hydroxylation is 1. The highest BCUT2D eigenvalue weighted by molar-refractivity contribution is 7.89. The first-order chi connectivity index (χ1) is 12.9. The fourth-order valence-corrected chi connectivity index (χ4v) is 4.39. The van der Waals surface area contributed by atoms with Gasteiger partial charge in [-0.15, -0.1) is 0 Å². The molecule has 0 bridgehead atoms. The van der Waals surface area contributed by atoms with Crippen LogP contribution >= 0.6 is 0 Å². The number of aromatic amines is 1. The second kappa shape index (κ2) is 7.57. The van der Waals surface area contributed by atoms with Crippen LogP contribution in [0.5, 0.6) is 11.5 Å². The number of hydrogen-bond donors (Lipinski definition) is 1. The summed E-state index contributed by atoms with van der Waals surface area (Å²) in [6.45, 7) is 2.85. The van der Waals surface area contributed by atoms with Gasteiger partial charge >= 0.3 is 0 Å². The molecule has 1 aliphatic heterocycles. The minimum absolute atomic E-state index is 0.128. The van der Waals surface area contributed by atoms with Crippen molar-refractivity contribution in [1.82, 2.24) is 19.4 Å². The molecule has 9 nitrogen and oxygen atoms in total. The first-order valence-electron chi connectivity index (χ1n) is 8.40. The largest absolute Gasteiger partial charge is 0.493 e. The van der Waals surface area contributed by atoms with Gasteiger partial charge in [0, 0.05) is 37.9 Å². The van der Waals surface area contributed by atoms with Gasteiger partial charge in [0.1, 0.15) is 5.69 Å². The Hall–Kier alpha value is -2.59. The Kier molecular flexibility index (Phi) is 5.38. The lowest BCUT2D eigenvalue weighted by atomic mass is 10.3. The van der Waals surface area contributed by atoms with E-state index in [2.05, 4.69) is 10.2 Å². The van der Waals surface area contributed by atoms with E-state index in [4.69, 9.17) is 9.47 Å². The van der Waals surface area contributed by atoms with E-state index in [1.54, 1.807) is 17.0 Å². The third-order valence-corrected chi connectivity index (χ3v) is 6.34. The Labute approximate surface area is 157 Å². The van der Waals surface area contributed by atoms with Gasteiger partial charge in [-0.05, 0) is 25.1 Å². The fourth-order valence-electron chi connectivity index (χ4n) is 2.95. The molecule has 1 fully saturated rings. The van der Waals surface area contributed by atoms with Crippen molar-refractivity contribution in [2.45, 2.75) is 11.8 Å². The van der Waals surface area contributed by atoms with Crippen LogP contribution in [0.4, 0.5) is 0 Å². The van der Waals surface area contributed by atoms with Crippen molar-refractivity contribution in [3.05, 3.63) is 35.7 Å². The van der Waals surface area contributed by atoms with E-state index >= 15 is 0 Å². The molecular formula is C17H22N4O5S. The summed E-state index contributed by atoms with van der Waals surface area (Å²) in [5.74, 6) is 0.602. The van der Waals surface area contributed by atoms with Gasteiger partial charge in [-0.2, -0.15) is 9.40 Å². The van der Waals surface area contributed by atoms with Gasteiger partial charge in [0.15, 0.2) is 11.5 Å². The minimum atomic E-state index is -3.69. The van der Waals surface area contributed by atoms with E-state index in [0.717, 1.165) is 5.69 Å². The lowest BCUT2D eigenvalue weighted by molar-refractivity contribution is 0.0692.